The molecule has 140 valence electrons. The van der Waals surface area contributed by atoms with Gasteiger partial charge < -0.3 is 20.9 Å². The second kappa shape index (κ2) is 13.7. The Morgan fingerprint density at radius 3 is 1.31 bits per heavy atom. The van der Waals surface area contributed by atoms with Gasteiger partial charge in [0.15, 0.2) is 0 Å². The Balaban J connectivity index is 0.000000260. The minimum atomic E-state index is 0.620. The number of hydrogen-bond acceptors (Lipinski definition) is 4. The highest BCUT2D eigenvalue weighted by atomic mass is 16.5. The van der Waals surface area contributed by atoms with Gasteiger partial charge in [-0.2, -0.15) is 0 Å². The standard InChI is InChI=1S/2C11H15NO/c2*1-2-8-13-9-7-10-3-5-11(12)6-4-10/h2*2-6H,1,7-9,12H2. The van der Waals surface area contributed by atoms with Gasteiger partial charge in [-0.05, 0) is 48.2 Å². The Kier molecular flexibility index (Phi) is 11.3. The van der Waals surface area contributed by atoms with E-state index >= 15 is 0 Å². The molecule has 0 saturated heterocycles. The fraction of sp³-hybridized carbons (Fsp3) is 0.273. The lowest BCUT2D eigenvalue weighted by Gasteiger charge is -2.01. The molecular formula is C22H30N2O2. The van der Waals surface area contributed by atoms with Crippen LogP contribution in [-0.4, -0.2) is 26.4 Å². The van der Waals surface area contributed by atoms with Crippen molar-refractivity contribution in [3.8, 4) is 0 Å². The van der Waals surface area contributed by atoms with E-state index in [1.807, 2.05) is 48.5 Å². The summed E-state index contributed by atoms with van der Waals surface area (Å²) in [5, 5.41) is 0. The van der Waals surface area contributed by atoms with Gasteiger partial charge in [-0.25, -0.2) is 0 Å². The van der Waals surface area contributed by atoms with Crippen LogP contribution in [0.2, 0.25) is 0 Å². The zero-order valence-corrected chi connectivity index (χ0v) is 15.4. The molecule has 26 heavy (non-hydrogen) atoms. The maximum absolute atomic E-state index is 5.56. The highest BCUT2D eigenvalue weighted by molar-refractivity contribution is 5.39. The summed E-state index contributed by atoms with van der Waals surface area (Å²) in [4.78, 5) is 0. The summed E-state index contributed by atoms with van der Waals surface area (Å²) in [6.07, 6.45) is 5.36. The average Bonchev–Trinajstić information content (AvgIpc) is 2.66. The number of benzene rings is 2. The fourth-order valence-electron chi connectivity index (χ4n) is 2.08. The van der Waals surface area contributed by atoms with E-state index in [1.165, 1.54) is 11.1 Å². The first-order valence-electron chi connectivity index (χ1n) is 8.71. The SMILES string of the molecule is C=CCOCCc1ccc(N)cc1.C=CCOCCc1ccc(N)cc1. The molecule has 4 heteroatoms. The second-order valence-electron chi connectivity index (χ2n) is 5.71. The lowest BCUT2D eigenvalue weighted by Crippen LogP contribution is -1.98. The zero-order valence-electron chi connectivity index (χ0n) is 15.4. The van der Waals surface area contributed by atoms with Crippen LogP contribution >= 0.6 is 0 Å². The molecule has 0 aliphatic carbocycles. The molecule has 0 amide bonds. The third kappa shape index (κ3) is 10.3. The highest BCUT2D eigenvalue weighted by Gasteiger charge is 1.93. The van der Waals surface area contributed by atoms with E-state index in [0.717, 1.165) is 37.4 Å². The van der Waals surface area contributed by atoms with E-state index in [0.29, 0.717) is 13.2 Å². The molecule has 2 aromatic rings. The van der Waals surface area contributed by atoms with Crippen LogP contribution in [0, 0.1) is 0 Å². The maximum Gasteiger partial charge on any atom is 0.0644 e. The first-order chi connectivity index (χ1) is 12.7. The summed E-state index contributed by atoms with van der Waals surface area (Å²) >= 11 is 0. The number of anilines is 2. The van der Waals surface area contributed by atoms with Crippen molar-refractivity contribution in [2.24, 2.45) is 0 Å². The van der Waals surface area contributed by atoms with Crippen molar-refractivity contribution in [3.63, 3.8) is 0 Å². The molecule has 0 radical (unpaired) electrons. The van der Waals surface area contributed by atoms with Gasteiger partial charge in [0.25, 0.3) is 0 Å². The van der Waals surface area contributed by atoms with Crippen molar-refractivity contribution < 1.29 is 9.47 Å². The topological polar surface area (TPSA) is 70.5 Å². The molecule has 4 nitrogen and oxygen atoms in total. The number of nitrogen functional groups attached to an aromatic ring is 2. The van der Waals surface area contributed by atoms with Crippen LogP contribution in [-0.2, 0) is 22.3 Å². The van der Waals surface area contributed by atoms with E-state index in [4.69, 9.17) is 20.9 Å². The van der Waals surface area contributed by atoms with Crippen LogP contribution in [0.3, 0.4) is 0 Å². The minimum Gasteiger partial charge on any atom is -0.399 e. The van der Waals surface area contributed by atoms with Crippen molar-refractivity contribution in [1.82, 2.24) is 0 Å². The van der Waals surface area contributed by atoms with Crippen LogP contribution in [0.25, 0.3) is 0 Å². The largest absolute Gasteiger partial charge is 0.399 e. The Bertz CT molecular complexity index is 564. The molecule has 0 heterocycles. The predicted molar refractivity (Wildman–Crippen MR) is 111 cm³/mol. The Morgan fingerprint density at radius 1 is 0.654 bits per heavy atom. The van der Waals surface area contributed by atoms with Crippen molar-refractivity contribution in [1.29, 1.82) is 0 Å². The molecule has 2 aromatic carbocycles. The first-order valence-corrected chi connectivity index (χ1v) is 8.71. The molecule has 0 bridgehead atoms. The molecular weight excluding hydrogens is 324 g/mol. The van der Waals surface area contributed by atoms with Crippen molar-refractivity contribution in [2.75, 3.05) is 37.9 Å². The quantitative estimate of drug-likeness (QED) is 0.384. The van der Waals surface area contributed by atoms with Crippen molar-refractivity contribution in [2.45, 2.75) is 12.8 Å². The summed E-state index contributed by atoms with van der Waals surface area (Å²) in [6.45, 7) is 9.85. The second-order valence-corrected chi connectivity index (χ2v) is 5.71. The molecule has 4 N–H and O–H groups in total. The minimum absolute atomic E-state index is 0.620. The molecule has 0 fully saturated rings. The number of rotatable bonds is 10. The summed E-state index contributed by atoms with van der Waals surface area (Å²) in [5.41, 5.74) is 15.2. The van der Waals surface area contributed by atoms with Gasteiger partial charge in [-0.1, -0.05) is 36.4 Å². The smallest absolute Gasteiger partial charge is 0.0644 e. The Labute approximate surface area is 157 Å². The van der Waals surface area contributed by atoms with Gasteiger partial charge in [0, 0.05) is 11.4 Å². The van der Waals surface area contributed by atoms with Crippen LogP contribution in [0.1, 0.15) is 11.1 Å². The maximum atomic E-state index is 5.56. The summed E-state index contributed by atoms with van der Waals surface area (Å²) in [7, 11) is 0. The van der Waals surface area contributed by atoms with Crippen LogP contribution in [0.15, 0.2) is 73.8 Å². The third-order valence-corrected chi connectivity index (χ3v) is 3.50. The lowest BCUT2D eigenvalue weighted by atomic mass is 10.1. The monoisotopic (exact) mass is 354 g/mol. The van der Waals surface area contributed by atoms with Crippen molar-refractivity contribution in [3.05, 3.63) is 85.0 Å². The molecule has 2 rings (SSSR count). The van der Waals surface area contributed by atoms with E-state index in [1.54, 1.807) is 12.2 Å². The van der Waals surface area contributed by atoms with E-state index in [2.05, 4.69) is 13.2 Å². The van der Waals surface area contributed by atoms with Crippen molar-refractivity contribution >= 4 is 11.4 Å². The third-order valence-electron chi connectivity index (χ3n) is 3.50. The Morgan fingerprint density at radius 2 is 1.00 bits per heavy atom. The van der Waals surface area contributed by atoms with Gasteiger partial charge in [-0.3, -0.25) is 0 Å². The van der Waals surface area contributed by atoms with Gasteiger partial charge in [0.1, 0.15) is 0 Å². The van der Waals surface area contributed by atoms with E-state index in [9.17, 15) is 0 Å². The van der Waals surface area contributed by atoms with Crippen LogP contribution in [0.5, 0.6) is 0 Å². The van der Waals surface area contributed by atoms with Crippen LogP contribution in [0.4, 0.5) is 11.4 Å². The normalized spacial score (nSPS) is 9.85. The van der Waals surface area contributed by atoms with Gasteiger partial charge in [-0.15, -0.1) is 13.2 Å². The molecule has 0 atom stereocenters. The molecule has 0 spiro atoms. The predicted octanol–water partition coefficient (Wildman–Crippen LogP) is 4.03. The van der Waals surface area contributed by atoms with E-state index < -0.39 is 0 Å². The number of hydrogen-bond donors (Lipinski definition) is 2. The highest BCUT2D eigenvalue weighted by Crippen LogP contribution is 2.06. The molecule has 0 aliphatic rings. The molecule has 0 unspecified atom stereocenters. The lowest BCUT2D eigenvalue weighted by molar-refractivity contribution is 0.166. The van der Waals surface area contributed by atoms with Gasteiger partial charge in [0.2, 0.25) is 0 Å². The number of ether oxygens (including phenoxy) is 2. The van der Waals surface area contributed by atoms with E-state index in [-0.39, 0.29) is 0 Å². The molecule has 0 aromatic heterocycles. The zero-order chi connectivity index (χ0) is 19.0. The molecule has 0 aliphatic heterocycles. The van der Waals surface area contributed by atoms with Gasteiger partial charge in [0.05, 0.1) is 26.4 Å². The molecule has 0 saturated carbocycles. The summed E-state index contributed by atoms with van der Waals surface area (Å²) in [6, 6.07) is 15.7. The summed E-state index contributed by atoms with van der Waals surface area (Å²) < 4.78 is 10.5. The summed E-state index contributed by atoms with van der Waals surface area (Å²) in [5.74, 6) is 0. The Hall–Kier alpha value is -2.56. The number of nitrogens with two attached hydrogens (primary N) is 2. The first kappa shape index (κ1) is 21.5. The average molecular weight is 354 g/mol. The fourth-order valence-corrected chi connectivity index (χ4v) is 2.08. The van der Waals surface area contributed by atoms with Crippen LogP contribution < -0.4 is 11.5 Å². The van der Waals surface area contributed by atoms with Gasteiger partial charge >= 0.3 is 0 Å².